The molecule has 0 aliphatic heterocycles. The smallest absolute Gasteiger partial charge is 0.309 e. The van der Waals surface area contributed by atoms with Gasteiger partial charge in [-0.05, 0) is 41.3 Å². The summed E-state index contributed by atoms with van der Waals surface area (Å²) in [4.78, 5) is 0. The van der Waals surface area contributed by atoms with Crippen LogP contribution in [0.25, 0.3) is 5.69 Å². The highest BCUT2D eigenvalue weighted by Crippen LogP contribution is 2.26. The van der Waals surface area contributed by atoms with Crippen LogP contribution in [0, 0.1) is 5.92 Å². The summed E-state index contributed by atoms with van der Waals surface area (Å²) in [5.74, 6) is 0.576. The molecule has 3 rings (SSSR count). The Kier molecular flexibility index (Phi) is 4.37. The largest absolute Gasteiger partial charge is 0.382 e. The van der Waals surface area contributed by atoms with Crippen LogP contribution >= 0.6 is 0 Å². The van der Waals surface area contributed by atoms with Crippen molar-refractivity contribution in [2.75, 3.05) is 5.75 Å². The fourth-order valence-corrected chi connectivity index (χ4v) is 4.16. The highest BCUT2D eigenvalue weighted by Gasteiger charge is 2.23. The van der Waals surface area contributed by atoms with Crippen LogP contribution in [-0.2, 0) is 10.1 Å². The molecule has 0 bridgehead atoms. The van der Waals surface area contributed by atoms with Gasteiger partial charge in [-0.1, -0.05) is 25.3 Å². The third-order valence-electron chi connectivity index (χ3n) is 3.82. The number of nitrogens with zero attached hydrogens (tertiary/aromatic N) is 4. The zero-order valence-corrected chi connectivity index (χ0v) is 12.9. The summed E-state index contributed by atoms with van der Waals surface area (Å²) >= 11 is 0. The van der Waals surface area contributed by atoms with E-state index in [0.29, 0.717) is 5.69 Å². The summed E-state index contributed by atoms with van der Waals surface area (Å²) < 4.78 is 31.1. The molecule has 22 heavy (non-hydrogen) atoms. The van der Waals surface area contributed by atoms with E-state index in [4.69, 9.17) is 4.18 Å². The predicted octanol–water partition coefficient (Wildman–Crippen LogP) is 1.95. The van der Waals surface area contributed by atoms with Crippen molar-refractivity contribution in [2.24, 2.45) is 5.92 Å². The average molecular weight is 322 g/mol. The Hall–Kier alpha value is -1.96. The Morgan fingerprint density at radius 1 is 1.23 bits per heavy atom. The van der Waals surface area contributed by atoms with Crippen LogP contribution in [-0.4, -0.2) is 34.4 Å². The second-order valence-electron chi connectivity index (χ2n) is 5.56. The lowest BCUT2D eigenvalue weighted by molar-refractivity contribution is 0.375. The predicted molar refractivity (Wildman–Crippen MR) is 80.1 cm³/mol. The molecular formula is C14H18N4O3S. The minimum Gasteiger partial charge on any atom is -0.382 e. The van der Waals surface area contributed by atoms with Crippen LogP contribution in [0.15, 0.2) is 30.6 Å². The molecular weight excluding hydrogens is 304 g/mol. The molecule has 0 saturated heterocycles. The minimum atomic E-state index is -3.58. The first kappa shape index (κ1) is 15.0. The van der Waals surface area contributed by atoms with Crippen LogP contribution in [0.4, 0.5) is 0 Å². The van der Waals surface area contributed by atoms with Crippen molar-refractivity contribution in [3.05, 3.63) is 30.6 Å². The van der Waals surface area contributed by atoms with E-state index < -0.39 is 10.1 Å². The van der Waals surface area contributed by atoms with Gasteiger partial charge in [-0.15, -0.1) is 5.10 Å². The lowest BCUT2D eigenvalue weighted by Crippen LogP contribution is -2.22. The number of aromatic nitrogens is 4. The molecule has 0 atom stereocenters. The molecule has 1 aliphatic carbocycles. The fourth-order valence-electron chi connectivity index (χ4n) is 2.78. The fraction of sp³-hybridized carbons (Fsp3) is 0.500. The van der Waals surface area contributed by atoms with E-state index in [0.717, 1.165) is 25.7 Å². The van der Waals surface area contributed by atoms with Gasteiger partial charge in [0.2, 0.25) is 0 Å². The monoisotopic (exact) mass is 322 g/mol. The van der Waals surface area contributed by atoms with Crippen molar-refractivity contribution in [2.45, 2.75) is 32.1 Å². The third-order valence-corrected chi connectivity index (χ3v) is 5.14. The molecule has 1 fully saturated rings. The van der Waals surface area contributed by atoms with Gasteiger partial charge in [-0.3, -0.25) is 0 Å². The van der Waals surface area contributed by atoms with Gasteiger partial charge in [-0.2, -0.15) is 8.42 Å². The molecule has 0 N–H and O–H groups in total. The number of tetrazole rings is 1. The molecule has 0 radical (unpaired) electrons. The lowest BCUT2D eigenvalue weighted by atomic mass is 9.91. The number of rotatable bonds is 5. The lowest BCUT2D eigenvalue weighted by Gasteiger charge is -2.21. The molecule has 2 aromatic rings. The second kappa shape index (κ2) is 6.43. The van der Waals surface area contributed by atoms with Crippen molar-refractivity contribution < 1.29 is 12.6 Å². The van der Waals surface area contributed by atoms with Gasteiger partial charge < -0.3 is 4.18 Å². The Morgan fingerprint density at radius 3 is 2.77 bits per heavy atom. The normalized spacial score (nSPS) is 16.5. The van der Waals surface area contributed by atoms with Gasteiger partial charge in [0.15, 0.2) is 0 Å². The Bertz CT molecular complexity index is 709. The van der Waals surface area contributed by atoms with Gasteiger partial charge >= 0.3 is 10.1 Å². The summed E-state index contributed by atoms with van der Waals surface area (Å²) in [6.07, 6.45) is 6.78. The van der Waals surface area contributed by atoms with Crippen molar-refractivity contribution >= 4 is 10.1 Å². The van der Waals surface area contributed by atoms with Crippen LogP contribution < -0.4 is 4.18 Å². The highest BCUT2D eigenvalue weighted by molar-refractivity contribution is 7.87. The first-order valence-electron chi connectivity index (χ1n) is 7.38. The van der Waals surface area contributed by atoms with Crippen molar-refractivity contribution in [3.63, 3.8) is 0 Å². The zero-order valence-electron chi connectivity index (χ0n) is 12.1. The van der Waals surface area contributed by atoms with Crippen LogP contribution in [0.2, 0.25) is 0 Å². The van der Waals surface area contributed by atoms with Gasteiger partial charge in [0.25, 0.3) is 0 Å². The van der Waals surface area contributed by atoms with Crippen molar-refractivity contribution in [3.8, 4) is 11.4 Å². The quantitative estimate of drug-likeness (QED) is 0.782. The maximum atomic E-state index is 12.2. The molecule has 1 saturated carbocycles. The van der Waals surface area contributed by atoms with Crippen LogP contribution in [0.5, 0.6) is 5.75 Å². The first-order chi connectivity index (χ1) is 10.6. The molecule has 1 aromatic carbocycles. The van der Waals surface area contributed by atoms with E-state index >= 15 is 0 Å². The molecule has 0 amide bonds. The van der Waals surface area contributed by atoms with E-state index in [1.807, 2.05) is 0 Å². The summed E-state index contributed by atoms with van der Waals surface area (Å²) in [5, 5.41) is 10.9. The van der Waals surface area contributed by atoms with E-state index in [1.165, 1.54) is 17.4 Å². The summed E-state index contributed by atoms with van der Waals surface area (Å²) in [7, 11) is -3.58. The number of hydrogen-bond donors (Lipinski definition) is 0. The van der Waals surface area contributed by atoms with Crippen LogP contribution in [0.3, 0.4) is 0 Å². The van der Waals surface area contributed by atoms with Gasteiger partial charge in [-0.25, -0.2) is 4.68 Å². The first-order valence-corrected chi connectivity index (χ1v) is 8.96. The third kappa shape index (κ3) is 3.82. The molecule has 7 nitrogen and oxygen atoms in total. The molecule has 1 aromatic heterocycles. The number of hydrogen-bond acceptors (Lipinski definition) is 6. The Labute approximate surface area is 129 Å². The van der Waals surface area contributed by atoms with E-state index in [-0.39, 0.29) is 17.4 Å². The van der Waals surface area contributed by atoms with E-state index in [9.17, 15) is 8.42 Å². The highest BCUT2D eigenvalue weighted by atomic mass is 32.2. The molecule has 8 heteroatoms. The van der Waals surface area contributed by atoms with Crippen molar-refractivity contribution in [1.82, 2.24) is 20.2 Å². The van der Waals surface area contributed by atoms with E-state index in [1.54, 1.807) is 24.3 Å². The summed E-state index contributed by atoms with van der Waals surface area (Å²) in [6, 6.07) is 6.71. The molecule has 1 aliphatic rings. The molecule has 0 unspecified atom stereocenters. The molecule has 1 heterocycles. The topological polar surface area (TPSA) is 87.0 Å². The van der Waals surface area contributed by atoms with E-state index in [2.05, 4.69) is 15.5 Å². The van der Waals surface area contributed by atoms with Crippen LogP contribution in [0.1, 0.15) is 32.1 Å². The zero-order chi connectivity index (χ0) is 15.4. The summed E-state index contributed by atoms with van der Waals surface area (Å²) in [6.45, 7) is 0. The maximum Gasteiger partial charge on any atom is 0.309 e. The molecule has 0 spiro atoms. The van der Waals surface area contributed by atoms with Gasteiger partial charge in [0, 0.05) is 6.07 Å². The van der Waals surface area contributed by atoms with Gasteiger partial charge in [0.05, 0.1) is 11.4 Å². The second-order valence-corrected chi connectivity index (χ2v) is 7.18. The van der Waals surface area contributed by atoms with Gasteiger partial charge in [0.1, 0.15) is 12.1 Å². The standard InChI is InChI=1S/C14H18N4O3S/c19-22(20,10-12-5-2-1-3-6-12)21-14-8-4-7-13(9-14)18-11-15-16-17-18/h4,7-9,11-12H,1-3,5-6,10H2. The maximum absolute atomic E-state index is 12.2. The Balaban J connectivity index is 1.70. The Morgan fingerprint density at radius 2 is 2.05 bits per heavy atom. The molecule has 118 valence electrons. The summed E-state index contributed by atoms with van der Waals surface area (Å²) in [5.41, 5.74) is 0.648. The van der Waals surface area contributed by atoms with Crippen molar-refractivity contribution in [1.29, 1.82) is 0 Å². The average Bonchev–Trinajstić information content (AvgIpc) is 3.02. The number of benzene rings is 1. The minimum absolute atomic E-state index is 0.0854. The SMILES string of the molecule is O=S(=O)(CC1CCCCC1)Oc1cccc(-n2cnnn2)c1.